The summed E-state index contributed by atoms with van der Waals surface area (Å²) in [6.07, 6.45) is 4.56. The maximum atomic E-state index is 3.80. The van der Waals surface area contributed by atoms with Gasteiger partial charge in [0.05, 0.1) is 5.41 Å². The zero-order valence-electron chi connectivity index (χ0n) is 17.8. The van der Waals surface area contributed by atoms with Crippen LogP contribution in [0, 0.1) is 0 Å². The number of hydrogen-bond acceptors (Lipinski definition) is 1. The van der Waals surface area contributed by atoms with Gasteiger partial charge >= 0.3 is 0 Å². The van der Waals surface area contributed by atoms with E-state index in [1.54, 1.807) is 0 Å². The van der Waals surface area contributed by atoms with Gasteiger partial charge in [-0.05, 0) is 62.4 Å². The molecule has 1 unspecified atom stereocenters. The average Bonchev–Trinajstić information content (AvgIpc) is 3.00. The Bertz CT molecular complexity index is 1610. The molecule has 156 valence electrons. The maximum absolute atomic E-state index is 3.80. The summed E-state index contributed by atoms with van der Waals surface area (Å²) < 4.78 is 1.10. The predicted octanol–water partition coefficient (Wildman–Crippen LogP) is 8.93. The summed E-state index contributed by atoms with van der Waals surface area (Å²) in [6, 6.07) is 38.0. The molecular weight excluding hydrogens is 484 g/mol. The van der Waals surface area contributed by atoms with Crippen molar-refractivity contribution in [3.8, 4) is 0 Å². The topological polar surface area (TPSA) is 0 Å². The van der Waals surface area contributed by atoms with E-state index in [1.165, 1.54) is 53.9 Å². The number of hydrogen-bond donors (Lipinski definition) is 0. The third-order valence-electron chi connectivity index (χ3n) is 7.01. The molecule has 0 nitrogen and oxygen atoms in total. The van der Waals surface area contributed by atoms with E-state index in [-0.39, 0.29) is 0 Å². The van der Waals surface area contributed by atoms with Gasteiger partial charge in [0.2, 0.25) is 0 Å². The molecule has 0 N–H and O–H groups in total. The monoisotopic (exact) mass is 502 g/mol. The van der Waals surface area contributed by atoms with E-state index in [0.29, 0.717) is 0 Å². The number of halogens is 1. The third-order valence-corrected chi connectivity index (χ3v) is 8.73. The summed E-state index contributed by atoms with van der Waals surface area (Å²) >= 11 is 5.70. The smallest absolute Gasteiger partial charge is 0.0735 e. The summed E-state index contributed by atoms with van der Waals surface area (Å²) in [5.41, 5.74) is 7.50. The number of fused-ring (bicyclic) bond motifs is 10. The van der Waals surface area contributed by atoms with Crippen LogP contribution < -0.4 is 0 Å². The predicted molar refractivity (Wildman–Crippen MR) is 143 cm³/mol. The fourth-order valence-electron chi connectivity index (χ4n) is 5.66. The molecule has 0 bridgehead atoms. The van der Waals surface area contributed by atoms with Crippen LogP contribution in [0.3, 0.4) is 0 Å². The normalized spacial score (nSPS) is 17.7. The Balaban J connectivity index is 1.75. The van der Waals surface area contributed by atoms with Crippen molar-refractivity contribution in [2.45, 2.75) is 15.2 Å². The first-order chi connectivity index (χ1) is 16.3. The largest absolute Gasteiger partial charge is 0.0888 e. The fraction of sp³-hybridized carbons (Fsp3) is 0.0323. The lowest BCUT2D eigenvalue weighted by molar-refractivity contribution is 0.703. The minimum absolute atomic E-state index is 0.402. The Kier molecular flexibility index (Phi) is 4.24. The molecular formula is C31H19BrS. The van der Waals surface area contributed by atoms with Crippen molar-refractivity contribution >= 4 is 50.6 Å². The minimum atomic E-state index is -0.402. The van der Waals surface area contributed by atoms with Gasteiger partial charge in [0.1, 0.15) is 0 Å². The first-order valence-electron chi connectivity index (χ1n) is 11.1. The average molecular weight is 503 g/mol. The molecule has 0 saturated heterocycles. The highest BCUT2D eigenvalue weighted by Gasteiger charge is 2.47. The van der Waals surface area contributed by atoms with Gasteiger partial charge in [0.25, 0.3) is 0 Å². The molecule has 2 heteroatoms. The van der Waals surface area contributed by atoms with E-state index in [1.807, 2.05) is 11.8 Å². The summed E-state index contributed by atoms with van der Waals surface area (Å²) in [5.74, 6) is 0. The highest BCUT2D eigenvalue weighted by molar-refractivity contribution is 9.10. The van der Waals surface area contributed by atoms with E-state index in [9.17, 15) is 0 Å². The quantitative estimate of drug-likeness (QED) is 0.199. The fourth-order valence-corrected chi connectivity index (χ4v) is 7.34. The molecule has 7 rings (SSSR count). The van der Waals surface area contributed by atoms with Crippen LogP contribution >= 0.6 is 27.7 Å². The van der Waals surface area contributed by atoms with Crippen LogP contribution in [0.15, 0.2) is 117 Å². The van der Waals surface area contributed by atoms with Crippen molar-refractivity contribution in [1.29, 1.82) is 0 Å². The molecule has 0 fully saturated rings. The molecule has 33 heavy (non-hydrogen) atoms. The molecule has 1 aliphatic carbocycles. The zero-order chi connectivity index (χ0) is 22.0. The summed E-state index contributed by atoms with van der Waals surface area (Å²) in [4.78, 5) is 2.68. The van der Waals surface area contributed by atoms with Crippen molar-refractivity contribution < 1.29 is 0 Å². The van der Waals surface area contributed by atoms with Gasteiger partial charge in [-0.1, -0.05) is 125 Å². The molecule has 2 aliphatic rings. The Morgan fingerprint density at radius 3 is 2.21 bits per heavy atom. The summed E-state index contributed by atoms with van der Waals surface area (Å²) in [6.45, 7) is 0. The van der Waals surface area contributed by atoms with Crippen molar-refractivity contribution in [1.82, 2.24) is 0 Å². The van der Waals surface area contributed by atoms with Gasteiger partial charge in [-0.25, -0.2) is 0 Å². The van der Waals surface area contributed by atoms with Gasteiger partial charge in [-0.15, -0.1) is 0 Å². The molecule has 0 radical (unpaired) electrons. The lowest BCUT2D eigenvalue weighted by Gasteiger charge is -2.43. The van der Waals surface area contributed by atoms with E-state index >= 15 is 0 Å². The Morgan fingerprint density at radius 2 is 1.30 bits per heavy atom. The maximum Gasteiger partial charge on any atom is 0.0735 e. The SMILES string of the molecule is Brc1ccc2c(c1)C1(c3ccccc3C=C2)c2ccccc2Sc2c1ccc1ccccc21. The number of rotatable bonds is 0. The summed E-state index contributed by atoms with van der Waals surface area (Å²) in [7, 11) is 0. The zero-order valence-corrected chi connectivity index (χ0v) is 20.2. The molecule has 0 saturated carbocycles. The molecule has 1 heterocycles. The van der Waals surface area contributed by atoms with Crippen molar-refractivity contribution in [3.63, 3.8) is 0 Å². The van der Waals surface area contributed by atoms with Gasteiger partial charge in [0, 0.05) is 14.3 Å². The molecule has 1 atom stereocenters. The minimum Gasteiger partial charge on any atom is -0.0888 e. The Labute approximate surface area is 206 Å². The molecule has 0 amide bonds. The van der Waals surface area contributed by atoms with E-state index < -0.39 is 5.41 Å². The second kappa shape index (κ2) is 7.21. The lowest BCUT2D eigenvalue weighted by atomic mass is 9.63. The second-order valence-electron chi connectivity index (χ2n) is 8.66. The standard InChI is InChI=1S/C31H19BrS/c32-23-17-15-22-14-13-21-8-2-4-10-25(21)31(28(22)19-23)26-11-5-6-12-29(26)33-30-24-9-3-1-7-20(24)16-18-27(30)31/h1-19H. The van der Waals surface area contributed by atoms with Crippen LogP contribution in [-0.4, -0.2) is 0 Å². The highest BCUT2D eigenvalue weighted by Crippen LogP contribution is 2.59. The first-order valence-corrected chi connectivity index (χ1v) is 12.7. The van der Waals surface area contributed by atoms with Crippen LogP contribution in [0.1, 0.15) is 33.4 Å². The van der Waals surface area contributed by atoms with Crippen molar-refractivity contribution in [2.75, 3.05) is 0 Å². The van der Waals surface area contributed by atoms with E-state index in [4.69, 9.17) is 0 Å². The third kappa shape index (κ3) is 2.65. The Hall–Kier alpha value is -3.07. The number of benzene rings is 5. The van der Waals surface area contributed by atoms with E-state index in [2.05, 4.69) is 131 Å². The van der Waals surface area contributed by atoms with E-state index in [0.717, 1.165) is 4.47 Å². The summed E-state index contributed by atoms with van der Waals surface area (Å²) in [5, 5.41) is 2.60. The van der Waals surface area contributed by atoms with Crippen molar-refractivity contribution in [2.24, 2.45) is 0 Å². The molecule has 1 aliphatic heterocycles. The van der Waals surface area contributed by atoms with Gasteiger partial charge in [-0.3, -0.25) is 0 Å². The lowest BCUT2D eigenvalue weighted by Crippen LogP contribution is -2.35. The van der Waals surface area contributed by atoms with Crippen LogP contribution in [0.2, 0.25) is 0 Å². The van der Waals surface area contributed by atoms with Crippen LogP contribution in [-0.2, 0) is 5.41 Å². The van der Waals surface area contributed by atoms with Crippen LogP contribution in [0.4, 0.5) is 0 Å². The Morgan fingerprint density at radius 1 is 0.576 bits per heavy atom. The highest BCUT2D eigenvalue weighted by atomic mass is 79.9. The molecule has 1 spiro atoms. The molecule has 0 aromatic heterocycles. The van der Waals surface area contributed by atoms with Crippen molar-refractivity contribution in [3.05, 3.63) is 141 Å². The van der Waals surface area contributed by atoms with Crippen LogP contribution in [0.5, 0.6) is 0 Å². The van der Waals surface area contributed by atoms with Gasteiger partial charge in [0.15, 0.2) is 0 Å². The van der Waals surface area contributed by atoms with Crippen LogP contribution in [0.25, 0.3) is 22.9 Å². The second-order valence-corrected chi connectivity index (χ2v) is 10.6. The van der Waals surface area contributed by atoms with Gasteiger partial charge < -0.3 is 0 Å². The first kappa shape index (κ1) is 19.4. The van der Waals surface area contributed by atoms with Gasteiger partial charge in [-0.2, -0.15) is 0 Å². The molecule has 5 aromatic carbocycles. The molecule has 5 aromatic rings.